The molecule has 2 N–H and O–H groups in total. The molecule has 1 aromatic rings. The molecule has 0 heterocycles. The first-order valence-corrected chi connectivity index (χ1v) is 5.35. The minimum Gasteiger partial charge on any atom is -0.497 e. The van der Waals surface area contributed by atoms with Crippen molar-refractivity contribution >= 4 is 11.4 Å². The van der Waals surface area contributed by atoms with E-state index in [0.29, 0.717) is 0 Å². The highest BCUT2D eigenvalue weighted by atomic mass is 16.5. The van der Waals surface area contributed by atoms with E-state index < -0.39 is 0 Å². The molecule has 15 heavy (non-hydrogen) atoms. The molecule has 1 fully saturated rings. The van der Waals surface area contributed by atoms with E-state index in [1.54, 1.807) is 7.11 Å². The van der Waals surface area contributed by atoms with Crippen molar-refractivity contribution in [1.82, 2.24) is 0 Å². The summed E-state index contributed by atoms with van der Waals surface area (Å²) in [6.45, 7) is 1.09. The lowest BCUT2D eigenvalue weighted by atomic mass is 10.2. The van der Waals surface area contributed by atoms with Gasteiger partial charge in [0.2, 0.25) is 0 Å². The van der Waals surface area contributed by atoms with Crippen LogP contribution in [0.25, 0.3) is 0 Å². The van der Waals surface area contributed by atoms with Crippen molar-refractivity contribution in [3.8, 4) is 5.75 Å². The minimum atomic E-state index is 0.818. The third-order valence-corrected chi connectivity index (χ3v) is 2.88. The number of nitrogens with two attached hydrogens (primary N) is 1. The standard InChI is InChI=1S/C12H18N2O/c1-14(8-9-3-4-9)12-7-10(15-2)5-6-11(12)13/h5-7,9H,3-4,8,13H2,1-2H3. The molecule has 82 valence electrons. The first-order valence-electron chi connectivity index (χ1n) is 5.35. The van der Waals surface area contributed by atoms with Gasteiger partial charge in [-0.05, 0) is 30.9 Å². The highest BCUT2D eigenvalue weighted by molar-refractivity contribution is 5.69. The largest absolute Gasteiger partial charge is 0.497 e. The van der Waals surface area contributed by atoms with Crippen LogP contribution in [0.15, 0.2) is 18.2 Å². The van der Waals surface area contributed by atoms with Gasteiger partial charge in [0.1, 0.15) is 5.75 Å². The molecule has 0 atom stereocenters. The van der Waals surface area contributed by atoms with E-state index in [9.17, 15) is 0 Å². The second kappa shape index (κ2) is 4.01. The third-order valence-electron chi connectivity index (χ3n) is 2.88. The molecule has 2 rings (SSSR count). The van der Waals surface area contributed by atoms with E-state index >= 15 is 0 Å². The SMILES string of the molecule is COc1ccc(N)c(N(C)CC2CC2)c1. The Labute approximate surface area is 90.8 Å². The molecule has 0 aromatic heterocycles. The maximum atomic E-state index is 5.94. The lowest BCUT2D eigenvalue weighted by Gasteiger charge is -2.21. The van der Waals surface area contributed by atoms with Crippen LogP contribution < -0.4 is 15.4 Å². The van der Waals surface area contributed by atoms with Gasteiger partial charge in [0, 0.05) is 19.7 Å². The molecule has 3 nitrogen and oxygen atoms in total. The number of ether oxygens (including phenoxy) is 1. The topological polar surface area (TPSA) is 38.5 Å². The van der Waals surface area contributed by atoms with Gasteiger partial charge < -0.3 is 15.4 Å². The highest BCUT2D eigenvalue weighted by Gasteiger charge is 2.23. The van der Waals surface area contributed by atoms with E-state index in [-0.39, 0.29) is 0 Å². The second-order valence-electron chi connectivity index (χ2n) is 4.25. The molecule has 0 saturated heterocycles. The Morgan fingerprint density at radius 1 is 1.47 bits per heavy atom. The summed E-state index contributed by atoms with van der Waals surface area (Å²) in [7, 11) is 3.76. The zero-order valence-corrected chi connectivity index (χ0v) is 9.36. The molecule has 0 radical (unpaired) electrons. The molecule has 0 spiro atoms. The Morgan fingerprint density at radius 2 is 2.20 bits per heavy atom. The van der Waals surface area contributed by atoms with Crippen LogP contribution in [-0.2, 0) is 0 Å². The molecule has 1 aromatic carbocycles. The smallest absolute Gasteiger partial charge is 0.121 e. The minimum absolute atomic E-state index is 0.818. The summed E-state index contributed by atoms with van der Waals surface area (Å²) in [6.07, 6.45) is 2.71. The molecule has 1 aliphatic carbocycles. The first kappa shape index (κ1) is 10.1. The third kappa shape index (κ3) is 2.35. The Kier molecular flexibility index (Phi) is 2.71. The van der Waals surface area contributed by atoms with Crippen LogP contribution in [0.3, 0.4) is 0 Å². The van der Waals surface area contributed by atoms with Gasteiger partial charge in [-0.1, -0.05) is 0 Å². The Bertz CT molecular complexity index is 347. The van der Waals surface area contributed by atoms with Crippen molar-refractivity contribution in [2.45, 2.75) is 12.8 Å². The normalized spacial score (nSPS) is 15.1. The fraction of sp³-hybridized carbons (Fsp3) is 0.500. The maximum absolute atomic E-state index is 5.94. The van der Waals surface area contributed by atoms with E-state index in [1.807, 2.05) is 18.2 Å². The molecule has 0 aliphatic heterocycles. The molecule has 0 unspecified atom stereocenters. The summed E-state index contributed by atoms with van der Waals surface area (Å²) in [5, 5.41) is 0. The first-order chi connectivity index (χ1) is 7.20. The van der Waals surface area contributed by atoms with Crippen LogP contribution in [0, 0.1) is 5.92 Å². The molecule has 1 aliphatic rings. The van der Waals surface area contributed by atoms with Gasteiger partial charge in [-0.2, -0.15) is 0 Å². The fourth-order valence-corrected chi connectivity index (χ4v) is 1.77. The number of anilines is 2. The fourth-order valence-electron chi connectivity index (χ4n) is 1.77. The van der Waals surface area contributed by atoms with Crippen molar-refractivity contribution in [2.24, 2.45) is 5.92 Å². The van der Waals surface area contributed by atoms with Gasteiger partial charge in [-0.25, -0.2) is 0 Å². The number of methoxy groups -OCH3 is 1. The van der Waals surface area contributed by atoms with Crippen molar-refractivity contribution in [3.05, 3.63) is 18.2 Å². The van der Waals surface area contributed by atoms with Crippen LogP contribution in [0.5, 0.6) is 5.75 Å². The molecule has 1 saturated carbocycles. The maximum Gasteiger partial charge on any atom is 0.121 e. The van der Waals surface area contributed by atoms with Gasteiger partial charge in [-0.3, -0.25) is 0 Å². The van der Waals surface area contributed by atoms with Crippen molar-refractivity contribution in [2.75, 3.05) is 31.3 Å². The van der Waals surface area contributed by atoms with Crippen molar-refractivity contribution in [3.63, 3.8) is 0 Å². The molecular weight excluding hydrogens is 188 g/mol. The average Bonchev–Trinajstić information content (AvgIpc) is 3.02. The lowest BCUT2D eigenvalue weighted by Crippen LogP contribution is -2.21. The van der Waals surface area contributed by atoms with Crippen LogP contribution in [-0.4, -0.2) is 20.7 Å². The predicted octanol–water partition coefficient (Wildman–Crippen LogP) is 2.12. The Balaban J connectivity index is 2.16. The van der Waals surface area contributed by atoms with Gasteiger partial charge in [0.15, 0.2) is 0 Å². The summed E-state index contributed by atoms with van der Waals surface area (Å²) in [5.41, 5.74) is 7.83. The van der Waals surface area contributed by atoms with E-state index in [1.165, 1.54) is 12.8 Å². The van der Waals surface area contributed by atoms with Crippen LogP contribution in [0.2, 0.25) is 0 Å². The van der Waals surface area contributed by atoms with Crippen LogP contribution >= 0.6 is 0 Å². The summed E-state index contributed by atoms with van der Waals surface area (Å²) in [6, 6.07) is 5.79. The zero-order valence-electron chi connectivity index (χ0n) is 9.36. The van der Waals surface area contributed by atoms with Gasteiger partial charge in [0.25, 0.3) is 0 Å². The van der Waals surface area contributed by atoms with Crippen LogP contribution in [0.4, 0.5) is 11.4 Å². The van der Waals surface area contributed by atoms with Crippen LogP contribution in [0.1, 0.15) is 12.8 Å². The van der Waals surface area contributed by atoms with E-state index in [2.05, 4.69) is 11.9 Å². The number of benzene rings is 1. The van der Waals surface area contributed by atoms with Crippen molar-refractivity contribution < 1.29 is 4.74 Å². The van der Waals surface area contributed by atoms with Gasteiger partial charge in [0.05, 0.1) is 18.5 Å². The van der Waals surface area contributed by atoms with Gasteiger partial charge >= 0.3 is 0 Å². The van der Waals surface area contributed by atoms with E-state index in [0.717, 1.165) is 29.6 Å². The molecule has 0 amide bonds. The highest BCUT2D eigenvalue weighted by Crippen LogP contribution is 2.33. The average molecular weight is 206 g/mol. The second-order valence-corrected chi connectivity index (χ2v) is 4.25. The lowest BCUT2D eigenvalue weighted by molar-refractivity contribution is 0.415. The molecule has 3 heteroatoms. The summed E-state index contributed by atoms with van der Waals surface area (Å²) >= 11 is 0. The van der Waals surface area contributed by atoms with Crippen molar-refractivity contribution in [1.29, 1.82) is 0 Å². The Hall–Kier alpha value is -1.38. The zero-order chi connectivity index (χ0) is 10.8. The number of hydrogen-bond donors (Lipinski definition) is 1. The summed E-state index contributed by atoms with van der Waals surface area (Å²) < 4.78 is 5.20. The number of nitrogens with zero attached hydrogens (tertiary/aromatic N) is 1. The van der Waals surface area contributed by atoms with Gasteiger partial charge in [-0.15, -0.1) is 0 Å². The molecule has 0 bridgehead atoms. The summed E-state index contributed by atoms with van der Waals surface area (Å²) in [5.74, 6) is 1.72. The number of nitrogen functional groups attached to an aromatic ring is 1. The molecular formula is C12H18N2O. The van der Waals surface area contributed by atoms with E-state index in [4.69, 9.17) is 10.5 Å². The Morgan fingerprint density at radius 3 is 2.80 bits per heavy atom. The predicted molar refractivity (Wildman–Crippen MR) is 63.4 cm³/mol. The number of hydrogen-bond acceptors (Lipinski definition) is 3. The monoisotopic (exact) mass is 206 g/mol. The summed E-state index contributed by atoms with van der Waals surface area (Å²) in [4.78, 5) is 2.22. The number of rotatable bonds is 4. The quantitative estimate of drug-likeness (QED) is 0.767.